The molecule has 1 atom stereocenters. The van der Waals surface area contributed by atoms with Gasteiger partial charge in [-0.15, -0.1) is 0 Å². The molecule has 0 bridgehead atoms. The van der Waals surface area contributed by atoms with Crippen LogP contribution in [-0.2, 0) is 4.74 Å². The zero-order chi connectivity index (χ0) is 9.73. The van der Waals surface area contributed by atoms with Gasteiger partial charge in [0.05, 0.1) is 12.2 Å². The van der Waals surface area contributed by atoms with Crippen molar-refractivity contribution in [1.29, 1.82) is 5.26 Å². The second kappa shape index (κ2) is 4.59. The van der Waals surface area contributed by atoms with Crippen molar-refractivity contribution in [3.63, 3.8) is 0 Å². The number of nitrogens with zero attached hydrogens (tertiary/aromatic N) is 1. The van der Waals surface area contributed by atoms with E-state index in [1.54, 1.807) is 6.92 Å². The zero-order valence-corrected chi connectivity index (χ0v) is 8.25. The zero-order valence-electron chi connectivity index (χ0n) is 8.25. The molecule has 0 saturated heterocycles. The van der Waals surface area contributed by atoms with Gasteiger partial charge in [0.2, 0.25) is 0 Å². The summed E-state index contributed by atoms with van der Waals surface area (Å²) in [6.45, 7) is 2.36. The van der Waals surface area contributed by atoms with Gasteiger partial charge in [0.15, 0.2) is 0 Å². The van der Waals surface area contributed by atoms with Crippen molar-refractivity contribution in [2.75, 3.05) is 6.61 Å². The van der Waals surface area contributed by atoms with Crippen molar-refractivity contribution in [1.82, 2.24) is 0 Å². The lowest BCUT2D eigenvalue weighted by Gasteiger charge is -2.17. The Bertz CT molecular complexity index is 190. The third-order valence-electron chi connectivity index (χ3n) is 2.53. The van der Waals surface area contributed by atoms with E-state index in [9.17, 15) is 0 Å². The molecule has 0 aliphatic heterocycles. The minimum atomic E-state index is -0.724. The summed E-state index contributed by atoms with van der Waals surface area (Å²) in [5, 5.41) is 8.66. The molecule has 1 rings (SSSR count). The number of rotatable bonds is 4. The van der Waals surface area contributed by atoms with E-state index < -0.39 is 5.54 Å². The lowest BCUT2D eigenvalue weighted by Crippen LogP contribution is -2.35. The fourth-order valence-corrected chi connectivity index (χ4v) is 1.55. The molecule has 13 heavy (non-hydrogen) atoms. The van der Waals surface area contributed by atoms with Crippen molar-refractivity contribution in [2.45, 2.75) is 50.7 Å². The highest BCUT2D eigenvalue weighted by Gasteiger charge is 2.19. The SMILES string of the molecule is CC(N)(C#N)CCOC1CCCC1. The van der Waals surface area contributed by atoms with Crippen LogP contribution < -0.4 is 5.73 Å². The molecule has 0 amide bonds. The molecule has 1 unspecified atom stereocenters. The summed E-state index contributed by atoms with van der Waals surface area (Å²) in [5.41, 5.74) is 4.94. The maximum Gasteiger partial charge on any atom is 0.103 e. The summed E-state index contributed by atoms with van der Waals surface area (Å²) in [6.07, 6.45) is 5.96. The van der Waals surface area contributed by atoms with Crippen LogP contribution in [0.15, 0.2) is 0 Å². The van der Waals surface area contributed by atoms with Gasteiger partial charge in [-0.1, -0.05) is 12.8 Å². The van der Waals surface area contributed by atoms with Crippen LogP contribution in [0.2, 0.25) is 0 Å². The molecule has 0 spiro atoms. The van der Waals surface area contributed by atoms with Gasteiger partial charge in [-0.25, -0.2) is 0 Å². The molecule has 0 aromatic carbocycles. The van der Waals surface area contributed by atoms with Crippen LogP contribution in [0.25, 0.3) is 0 Å². The van der Waals surface area contributed by atoms with Crippen molar-refractivity contribution < 1.29 is 4.74 Å². The largest absolute Gasteiger partial charge is 0.378 e. The minimum Gasteiger partial charge on any atom is -0.378 e. The van der Waals surface area contributed by atoms with E-state index in [0.717, 1.165) is 0 Å². The predicted molar refractivity (Wildman–Crippen MR) is 51.0 cm³/mol. The van der Waals surface area contributed by atoms with Crippen LogP contribution in [0.4, 0.5) is 0 Å². The van der Waals surface area contributed by atoms with Crippen molar-refractivity contribution in [3.05, 3.63) is 0 Å². The first-order chi connectivity index (χ1) is 6.14. The first kappa shape index (κ1) is 10.5. The van der Waals surface area contributed by atoms with Crippen LogP contribution >= 0.6 is 0 Å². The Balaban J connectivity index is 2.10. The van der Waals surface area contributed by atoms with Gasteiger partial charge in [0.1, 0.15) is 5.54 Å². The van der Waals surface area contributed by atoms with E-state index in [0.29, 0.717) is 19.1 Å². The third-order valence-corrected chi connectivity index (χ3v) is 2.53. The van der Waals surface area contributed by atoms with Crippen LogP contribution in [-0.4, -0.2) is 18.2 Å². The second-order valence-corrected chi connectivity index (χ2v) is 4.06. The molecule has 1 fully saturated rings. The first-order valence-electron chi connectivity index (χ1n) is 4.96. The second-order valence-electron chi connectivity index (χ2n) is 4.06. The van der Waals surface area contributed by atoms with E-state index in [2.05, 4.69) is 6.07 Å². The number of hydrogen-bond acceptors (Lipinski definition) is 3. The summed E-state index contributed by atoms with van der Waals surface area (Å²) in [6, 6.07) is 2.06. The molecule has 0 aromatic rings. The average Bonchev–Trinajstić information content (AvgIpc) is 2.57. The van der Waals surface area contributed by atoms with E-state index in [1.807, 2.05) is 0 Å². The quantitative estimate of drug-likeness (QED) is 0.718. The maximum atomic E-state index is 8.66. The van der Waals surface area contributed by atoms with E-state index in [-0.39, 0.29) is 0 Å². The standard InChI is InChI=1S/C10H18N2O/c1-10(12,8-11)6-7-13-9-4-2-3-5-9/h9H,2-7,12H2,1H3. The Kier molecular flexibility index (Phi) is 3.71. The summed E-state index contributed by atoms with van der Waals surface area (Å²) in [7, 11) is 0. The van der Waals surface area contributed by atoms with E-state index >= 15 is 0 Å². The van der Waals surface area contributed by atoms with Crippen LogP contribution in [0.1, 0.15) is 39.0 Å². The fraction of sp³-hybridized carbons (Fsp3) is 0.900. The van der Waals surface area contributed by atoms with Gasteiger partial charge in [0.25, 0.3) is 0 Å². The molecular weight excluding hydrogens is 164 g/mol. The molecule has 0 heterocycles. The highest BCUT2D eigenvalue weighted by atomic mass is 16.5. The van der Waals surface area contributed by atoms with Gasteiger partial charge in [-0.3, -0.25) is 0 Å². The number of nitriles is 1. The smallest absolute Gasteiger partial charge is 0.103 e. The number of ether oxygens (including phenoxy) is 1. The Morgan fingerprint density at radius 1 is 1.54 bits per heavy atom. The topological polar surface area (TPSA) is 59.0 Å². The summed E-state index contributed by atoms with van der Waals surface area (Å²) < 4.78 is 5.61. The van der Waals surface area contributed by atoms with Crippen molar-refractivity contribution in [3.8, 4) is 6.07 Å². The molecule has 74 valence electrons. The average molecular weight is 182 g/mol. The Morgan fingerprint density at radius 3 is 2.69 bits per heavy atom. The minimum absolute atomic E-state index is 0.425. The third kappa shape index (κ3) is 3.75. The Labute approximate surface area is 79.9 Å². The maximum absolute atomic E-state index is 8.66. The van der Waals surface area contributed by atoms with Crippen LogP contribution in [0.3, 0.4) is 0 Å². The summed E-state index contributed by atoms with van der Waals surface area (Å²) in [4.78, 5) is 0. The predicted octanol–water partition coefficient (Wildman–Crippen LogP) is 1.58. The van der Waals surface area contributed by atoms with Gasteiger partial charge in [0, 0.05) is 13.0 Å². The van der Waals surface area contributed by atoms with Gasteiger partial charge in [-0.2, -0.15) is 5.26 Å². The lowest BCUT2D eigenvalue weighted by atomic mass is 10.0. The van der Waals surface area contributed by atoms with Gasteiger partial charge < -0.3 is 10.5 Å². The first-order valence-corrected chi connectivity index (χ1v) is 4.96. The molecule has 3 heteroatoms. The molecule has 1 aliphatic rings. The van der Waals surface area contributed by atoms with E-state index in [1.165, 1.54) is 25.7 Å². The fourth-order valence-electron chi connectivity index (χ4n) is 1.55. The molecule has 0 aromatic heterocycles. The van der Waals surface area contributed by atoms with Crippen LogP contribution in [0.5, 0.6) is 0 Å². The Morgan fingerprint density at radius 2 is 2.15 bits per heavy atom. The van der Waals surface area contributed by atoms with Crippen LogP contribution in [0, 0.1) is 11.3 Å². The highest BCUT2D eigenvalue weighted by Crippen LogP contribution is 2.21. The molecule has 0 radical (unpaired) electrons. The Hall–Kier alpha value is -0.590. The van der Waals surface area contributed by atoms with Gasteiger partial charge in [-0.05, 0) is 19.8 Å². The molecule has 1 aliphatic carbocycles. The molecule has 2 N–H and O–H groups in total. The van der Waals surface area contributed by atoms with Gasteiger partial charge >= 0.3 is 0 Å². The molecular formula is C10H18N2O. The number of hydrogen-bond donors (Lipinski definition) is 1. The normalized spacial score (nSPS) is 22.5. The number of nitrogens with two attached hydrogens (primary N) is 1. The summed E-state index contributed by atoms with van der Waals surface area (Å²) >= 11 is 0. The summed E-state index contributed by atoms with van der Waals surface area (Å²) in [5.74, 6) is 0. The molecule has 3 nitrogen and oxygen atoms in total. The monoisotopic (exact) mass is 182 g/mol. The van der Waals surface area contributed by atoms with Crippen molar-refractivity contribution >= 4 is 0 Å². The highest BCUT2D eigenvalue weighted by molar-refractivity contribution is 5.00. The lowest BCUT2D eigenvalue weighted by molar-refractivity contribution is 0.0512. The van der Waals surface area contributed by atoms with Crippen molar-refractivity contribution in [2.24, 2.45) is 5.73 Å². The molecule has 1 saturated carbocycles. The van der Waals surface area contributed by atoms with E-state index in [4.69, 9.17) is 15.7 Å².